The quantitative estimate of drug-likeness (QED) is 0.0589. The second kappa shape index (κ2) is 25.9. The van der Waals surface area contributed by atoms with Crippen LogP contribution >= 0.6 is 0 Å². The van der Waals surface area contributed by atoms with Gasteiger partial charge in [0.15, 0.2) is 0 Å². The summed E-state index contributed by atoms with van der Waals surface area (Å²) in [7, 11) is -21.3. The Morgan fingerprint density at radius 3 is 1.04 bits per heavy atom. The molecule has 6 aromatic rings. The first kappa shape index (κ1) is 66.5. The van der Waals surface area contributed by atoms with Crippen molar-refractivity contribution in [2.45, 2.75) is 33.4 Å². The van der Waals surface area contributed by atoms with Gasteiger partial charge < -0.3 is 48.1 Å². The van der Waals surface area contributed by atoms with Crippen molar-refractivity contribution in [3.05, 3.63) is 72.8 Å². The average molecular weight is 1150 g/mol. The van der Waals surface area contributed by atoms with Crippen LogP contribution in [-0.4, -0.2) is 65.1 Å². The Bertz CT molecular complexity index is 3190. The molecule has 0 aliphatic carbocycles. The van der Waals surface area contributed by atoms with Gasteiger partial charge in [0.1, 0.15) is 52.0 Å². The third-order valence-corrected chi connectivity index (χ3v) is 11.9. The minimum atomic E-state index is -5.52. The van der Waals surface area contributed by atoms with Gasteiger partial charge in [0, 0.05) is 10.8 Å². The van der Waals surface area contributed by atoms with Gasteiger partial charge in [0.05, 0.1) is 55.5 Å². The van der Waals surface area contributed by atoms with E-state index in [2.05, 4.69) is 20.5 Å². The fourth-order valence-electron chi connectivity index (χ4n) is 5.97. The molecule has 6 aromatic carbocycles. The second-order valence-electron chi connectivity index (χ2n) is 12.6. The minimum Gasteiger partial charge on any atom is -0.871 e. The van der Waals surface area contributed by atoms with Gasteiger partial charge >= 0.3 is 152 Å². The standard InChI is InChI=1S/C36H30N4O18S4.2Cu.4Na/c1-3-57-27-15-21(59(45,46)47)9-19-13-29(61(51,52)53)33(35(43)31(19)27)39-37-23-7-5-17(11-25(23)41)18-6-8-24(26(42)12-18)38-40-34-30(62(54,55)56)14-20-10-22(60(48,49)50)16-28(58-4-2)32(20)36(34)44;;;;;;/h5-16,41-44H,3-4H2,1-2H3,(H,45,46,47)(H,48,49,50)(H,51,52,53)(H,54,55,56);;;;;;/q;2*+2;4*+1/p-8. The summed E-state index contributed by atoms with van der Waals surface area (Å²) in [6, 6.07) is 10.5. The number of ether oxygens (including phenoxy) is 2. The van der Waals surface area contributed by atoms with Crippen molar-refractivity contribution >= 4 is 84.8 Å². The summed E-state index contributed by atoms with van der Waals surface area (Å²) in [6.45, 7) is 2.62. The first-order chi connectivity index (χ1) is 28.8. The van der Waals surface area contributed by atoms with Crippen LogP contribution in [-0.2, 0) is 74.6 Å². The monoisotopic (exact) mass is 1140 g/mol. The molecule has 344 valence electrons. The van der Waals surface area contributed by atoms with Gasteiger partial charge in [-0.25, -0.2) is 33.7 Å². The summed E-state index contributed by atoms with van der Waals surface area (Å²) in [4.78, 5) is -4.29. The number of hydrogen-bond acceptors (Lipinski definition) is 22. The minimum absolute atomic E-state index is 0. The summed E-state index contributed by atoms with van der Waals surface area (Å²) in [5.41, 5.74) is -2.98. The van der Waals surface area contributed by atoms with E-state index in [-0.39, 0.29) is 177 Å². The molecule has 0 aliphatic rings. The van der Waals surface area contributed by atoms with Crippen molar-refractivity contribution in [1.82, 2.24) is 0 Å². The number of fused-ring (bicyclic) bond motifs is 2. The maximum atomic E-state index is 13.5. The van der Waals surface area contributed by atoms with Crippen LogP contribution < -0.4 is 148 Å². The molecular formula is C36H22Cu2N4Na4O18S4. The van der Waals surface area contributed by atoms with Crippen molar-refractivity contribution in [3.63, 3.8) is 0 Å². The Balaban J connectivity index is 0.00000748. The van der Waals surface area contributed by atoms with Gasteiger partial charge in [-0.15, -0.1) is 10.2 Å². The Labute approximate surface area is 497 Å². The SMILES string of the molecule is CCOc1cc(S(=O)(=O)[O-])cc2cc(S(=O)(=O)[O-])c(N=Nc3ccc(-c4ccc(N=Nc5c(S(=O)(=O)[O-])cc6cc(S(=O)(=O)[O-])cc(OCC)c6c5[O-])c([O-])c4)cc3[O-])c([O-])c12.[Cu+2].[Cu+2].[Na+].[Na+].[Na+].[Na+]. The summed E-state index contributed by atoms with van der Waals surface area (Å²) < 4.78 is 154. The van der Waals surface area contributed by atoms with Crippen LogP contribution in [0.3, 0.4) is 0 Å². The Kier molecular flexibility index (Phi) is 25.4. The van der Waals surface area contributed by atoms with Gasteiger partial charge in [0.25, 0.3) is 0 Å². The molecule has 0 saturated carbocycles. The number of nitrogens with zero attached hydrogens (tertiary/aromatic N) is 4. The molecule has 68 heavy (non-hydrogen) atoms. The molecule has 0 amide bonds. The van der Waals surface area contributed by atoms with Crippen molar-refractivity contribution in [1.29, 1.82) is 0 Å². The smallest absolute Gasteiger partial charge is 0.871 e. The molecule has 32 heteroatoms. The molecule has 0 heterocycles. The zero-order chi connectivity index (χ0) is 45.7. The summed E-state index contributed by atoms with van der Waals surface area (Å²) >= 11 is 0. The molecule has 0 saturated heterocycles. The second-order valence-corrected chi connectivity index (χ2v) is 18.0. The van der Waals surface area contributed by atoms with Gasteiger partial charge in [0.2, 0.25) is 0 Å². The first-order valence-electron chi connectivity index (χ1n) is 17.0. The molecule has 22 nitrogen and oxygen atoms in total. The fraction of sp³-hybridized carbons (Fsp3) is 0.111. The van der Waals surface area contributed by atoms with Gasteiger partial charge in [-0.3, -0.25) is 0 Å². The summed E-state index contributed by atoms with van der Waals surface area (Å²) in [6.07, 6.45) is 0. The predicted molar refractivity (Wildman–Crippen MR) is 200 cm³/mol. The zero-order valence-electron chi connectivity index (χ0n) is 35.7. The van der Waals surface area contributed by atoms with Crippen LogP contribution in [0, 0.1) is 0 Å². The largest absolute Gasteiger partial charge is 2.00 e. The van der Waals surface area contributed by atoms with Crippen molar-refractivity contribution < 1.29 is 234 Å². The topological polar surface area (TPSA) is 389 Å². The molecular weight excluding hydrogens is 1120 g/mol. The molecule has 0 unspecified atom stereocenters. The summed E-state index contributed by atoms with van der Waals surface area (Å²) in [5, 5.41) is 65.8. The molecule has 0 aromatic heterocycles. The van der Waals surface area contributed by atoms with Crippen LogP contribution in [0.25, 0.3) is 32.7 Å². The van der Waals surface area contributed by atoms with Crippen LogP contribution in [0.2, 0.25) is 0 Å². The van der Waals surface area contributed by atoms with Gasteiger partial charge in [-0.1, -0.05) is 47.3 Å². The molecule has 0 bridgehead atoms. The average Bonchev–Trinajstić information content (AvgIpc) is 3.16. The molecule has 0 N–H and O–H groups in total. The van der Waals surface area contributed by atoms with Crippen LogP contribution in [0.15, 0.2) is 113 Å². The van der Waals surface area contributed by atoms with E-state index < -0.39 is 139 Å². The maximum Gasteiger partial charge on any atom is 2.00 e. The van der Waals surface area contributed by atoms with Crippen molar-refractivity contribution in [2.75, 3.05) is 13.2 Å². The van der Waals surface area contributed by atoms with E-state index in [1.165, 1.54) is 26.0 Å². The molecule has 0 atom stereocenters. The van der Waals surface area contributed by atoms with E-state index in [0.717, 1.165) is 36.4 Å². The molecule has 6 rings (SSSR count). The van der Waals surface area contributed by atoms with Crippen molar-refractivity contribution in [2.24, 2.45) is 20.5 Å². The van der Waals surface area contributed by atoms with E-state index in [4.69, 9.17) is 9.47 Å². The van der Waals surface area contributed by atoms with Gasteiger partial charge in [-0.05, 0) is 84.3 Å². The molecule has 0 fully saturated rings. The van der Waals surface area contributed by atoms with Crippen LogP contribution in [0.1, 0.15) is 13.8 Å². The molecule has 0 spiro atoms. The Morgan fingerprint density at radius 2 is 0.779 bits per heavy atom. The predicted octanol–water partition coefficient (Wildman–Crippen LogP) is -8.79. The zero-order valence-corrected chi connectivity index (χ0v) is 48.9. The fourth-order valence-corrected chi connectivity index (χ4v) is 8.30. The Morgan fingerprint density at radius 1 is 0.456 bits per heavy atom. The van der Waals surface area contributed by atoms with Crippen LogP contribution in [0.5, 0.6) is 34.5 Å². The van der Waals surface area contributed by atoms with E-state index >= 15 is 0 Å². The number of hydrogen-bond donors (Lipinski definition) is 0. The van der Waals surface area contributed by atoms with Crippen LogP contribution in [0.4, 0.5) is 22.7 Å². The summed E-state index contributed by atoms with van der Waals surface area (Å²) in [5.74, 6) is -5.26. The number of azo groups is 2. The number of benzene rings is 6. The third-order valence-electron chi connectivity index (χ3n) is 8.62. The van der Waals surface area contributed by atoms with E-state index in [0.29, 0.717) is 24.3 Å². The van der Waals surface area contributed by atoms with E-state index in [9.17, 15) is 72.3 Å². The van der Waals surface area contributed by atoms with Gasteiger partial charge in [-0.2, -0.15) is 10.2 Å². The first-order valence-corrected chi connectivity index (χ1v) is 22.7. The normalized spacial score (nSPS) is 11.7. The van der Waals surface area contributed by atoms with Crippen molar-refractivity contribution in [3.8, 4) is 45.6 Å². The van der Waals surface area contributed by atoms with E-state index in [1.54, 1.807) is 0 Å². The molecule has 2 radical (unpaired) electrons. The Hall–Kier alpha value is -1.48. The third kappa shape index (κ3) is 14.8. The number of rotatable bonds is 13. The molecule has 0 aliphatic heterocycles. The maximum absolute atomic E-state index is 13.5. The van der Waals surface area contributed by atoms with E-state index in [1.807, 2.05) is 0 Å².